The van der Waals surface area contributed by atoms with Crippen LogP contribution in [-0.4, -0.2) is 18.5 Å². The zero-order valence-corrected chi connectivity index (χ0v) is 5.39. The first kappa shape index (κ1) is 6.55. The van der Waals surface area contributed by atoms with Crippen molar-refractivity contribution in [3.05, 3.63) is 0 Å². The van der Waals surface area contributed by atoms with Gasteiger partial charge in [0.1, 0.15) is 0 Å². The molecule has 0 aromatic carbocycles. The van der Waals surface area contributed by atoms with Gasteiger partial charge < -0.3 is 11.1 Å². The van der Waals surface area contributed by atoms with Crippen LogP contribution in [0.1, 0.15) is 19.3 Å². The monoisotopic (exact) mass is 130 g/mol. The first-order chi connectivity index (χ1) is 4.33. The molecule has 0 aromatic rings. The summed E-state index contributed by atoms with van der Waals surface area (Å²) in [6, 6.07) is 0.363. The van der Waals surface area contributed by atoms with Crippen LogP contribution in [0.15, 0.2) is 0 Å². The van der Waals surface area contributed by atoms with Crippen LogP contribution in [0.2, 0.25) is 0 Å². The maximum atomic E-state index is 10.6. The Kier molecular flexibility index (Phi) is 2.05. The Balaban J connectivity index is 2.22. The highest BCUT2D eigenvalue weighted by atomic mass is 16.1. The second kappa shape index (κ2) is 2.82. The van der Waals surface area contributed by atoms with Gasteiger partial charge in [0.2, 0.25) is 5.91 Å². The van der Waals surface area contributed by atoms with Gasteiger partial charge in [-0.1, -0.05) is 0 Å². The molecule has 0 aliphatic carbocycles. The summed E-state index contributed by atoms with van der Waals surface area (Å²) in [6.07, 6.45) is 2.58. The topological polar surface area (TPSA) is 55.1 Å². The van der Waals surface area contributed by atoms with E-state index in [4.69, 9.17) is 5.73 Å². The molecule has 1 aliphatic rings. The molecule has 1 atom stereocenters. The molecule has 3 heteroatoms. The van der Waals surface area contributed by atoms with Gasteiger partial charge in [0, 0.05) is 12.5 Å². The largest absolute Gasteiger partial charge is 0.353 e. The van der Waals surface area contributed by atoms with Crippen LogP contribution < -0.4 is 11.1 Å². The number of carbonyl (C=O) groups excluding carboxylic acids is 1. The molecule has 9 heavy (non-hydrogen) atoms. The van der Waals surface area contributed by atoms with Crippen LogP contribution in [-0.2, 0) is 4.79 Å². The minimum atomic E-state index is 0.174. The van der Waals surface area contributed by atoms with E-state index in [1.54, 1.807) is 0 Å². The fraction of sp³-hybridized carbons (Fsp3) is 0.833. The van der Waals surface area contributed by atoms with E-state index in [0.717, 1.165) is 12.8 Å². The van der Waals surface area contributed by atoms with Gasteiger partial charge in [-0.15, -0.1) is 0 Å². The van der Waals surface area contributed by atoms with Crippen molar-refractivity contribution in [2.45, 2.75) is 25.3 Å². The second-order valence-electron chi connectivity index (χ2n) is 2.38. The molecular weight excluding hydrogens is 118 g/mol. The molecular formula is C6H12N2O. The number of nitrogens with two attached hydrogens (primary N) is 1. The molecule has 0 bridgehead atoms. The summed E-state index contributed by atoms with van der Waals surface area (Å²) in [5.74, 6) is 0.174. The first-order valence-corrected chi connectivity index (χ1v) is 3.32. The lowest BCUT2D eigenvalue weighted by molar-refractivity contribution is -0.119. The molecule has 1 aliphatic heterocycles. The third-order valence-corrected chi connectivity index (χ3v) is 1.60. The van der Waals surface area contributed by atoms with E-state index in [2.05, 4.69) is 5.32 Å². The summed E-state index contributed by atoms with van der Waals surface area (Å²) >= 11 is 0. The number of hydrogen-bond acceptors (Lipinski definition) is 2. The molecule has 0 radical (unpaired) electrons. The van der Waals surface area contributed by atoms with E-state index < -0.39 is 0 Å². The predicted molar refractivity (Wildman–Crippen MR) is 34.8 cm³/mol. The molecule has 52 valence electrons. The molecule has 3 N–H and O–H groups in total. The zero-order valence-electron chi connectivity index (χ0n) is 5.39. The molecule has 1 unspecified atom stereocenters. The predicted octanol–water partition coefficient (Wildman–Crippen LogP) is -0.386. The van der Waals surface area contributed by atoms with Crippen molar-refractivity contribution in [1.82, 2.24) is 5.32 Å². The second-order valence-corrected chi connectivity index (χ2v) is 2.38. The third kappa shape index (κ3) is 1.68. The van der Waals surface area contributed by atoms with E-state index in [9.17, 15) is 4.79 Å². The Labute approximate surface area is 54.6 Å². The highest BCUT2D eigenvalue weighted by molar-refractivity contribution is 5.78. The summed E-state index contributed by atoms with van der Waals surface area (Å²) in [6.45, 7) is 0.672. The Morgan fingerprint density at radius 2 is 2.67 bits per heavy atom. The van der Waals surface area contributed by atoms with Crippen LogP contribution in [0.3, 0.4) is 0 Å². The van der Waals surface area contributed by atoms with E-state index >= 15 is 0 Å². The quantitative estimate of drug-likeness (QED) is 0.535. The molecule has 1 fully saturated rings. The third-order valence-electron chi connectivity index (χ3n) is 1.60. The van der Waals surface area contributed by atoms with Gasteiger partial charge >= 0.3 is 0 Å². The Morgan fingerprint density at radius 3 is 3.11 bits per heavy atom. The Morgan fingerprint density at radius 1 is 1.89 bits per heavy atom. The molecule has 0 aromatic heterocycles. The van der Waals surface area contributed by atoms with Gasteiger partial charge in [0.05, 0.1) is 0 Å². The lowest BCUT2D eigenvalue weighted by atomic mass is 10.2. The molecule has 3 nitrogen and oxygen atoms in total. The molecule has 0 spiro atoms. The number of rotatable bonds is 2. The standard InChI is InChI=1S/C6H12N2O/c7-4-3-5-1-2-6(9)8-5/h5H,1-4,7H2,(H,8,9)/i4+2. The van der Waals surface area contributed by atoms with Crippen LogP contribution in [0.4, 0.5) is 0 Å². The average Bonchev–Trinajstić information content (AvgIpc) is 2.17. The Bertz CT molecular complexity index is 114. The highest BCUT2D eigenvalue weighted by Gasteiger charge is 2.18. The number of hydrogen-bond donors (Lipinski definition) is 2. The van der Waals surface area contributed by atoms with Crippen molar-refractivity contribution in [1.29, 1.82) is 0 Å². The summed E-state index contributed by atoms with van der Waals surface area (Å²) in [5, 5.41) is 2.84. The maximum Gasteiger partial charge on any atom is 0.220 e. The SMILES string of the molecule is N[14CH2]CC1CCC(=O)N1. The molecule has 0 saturated carbocycles. The van der Waals surface area contributed by atoms with Gasteiger partial charge in [-0.3, -0.25) is 4.79 Å². The van der Waals surface area contributed by atoms with Gasteiger partial charge in [0.15, 0.2) is 0 Å². The van der Waals surface area contributed by atoms with E-state index in [1.807, 2.05) is 0 Å². The number of nitrogens with one attached hydrogen (secondary N) is 1. The van der Waals surface area contributed by atoms with Crippen LogP contribution in [0.25, 0.3) is 0 Å². The zero-order chi connectivity index (χ0) is 6.69. The minimum Gasteiger partial charge on any atom is -0.353 e. The van der Waals surface area contributed by atoms with Gasteiger partial charge in [-0.05, 0) is 19.4 Å². The summed E-state index contributed by atoms with van der Waals surface area (Å²) < 4.78 is 0. The van der Waals surface area contributed by atoms with Crippen molar-refractivity contribution in [2.24, 2.45) is 5.73 Å². The lowest BCUT2D eigenvalue weighted by Crippen LogP contribution is -2.27. The van der Waals surface area contributed by atoms with Crippen molar-refractivity contribution < 1.29 is 4.79 Å². The normalized spacial score (nSPS) is 26.3. The van der Waals surface area contributed by atoms with Gasteiger partial charge in [-0.2, -0.15) is 0 Å². The fourth-order valence-corrected chi connectivity index (χ4v) is 1.10. The van der Waals surface area contributed by atoms with Crippen LogP contribution in [0, 0.1) is 0 Å². The van der Waals surface area contributed by atoms with E-state index in [1.165, 1.54) is 0 Å². The van der Waals surface area contributed by atoms with Crippen molar-refractivity contribution in [2.75, 3.05) is 6.54 Å². The number of carbonyl (C=O) groups is 1. The molecule has 1 rings (SSSR count). The number of amides is 1. The first-order valence-electron chi connectivity index (χ1n) is 3.32. The molecule has 1 heterocycles. The van der Waals surface area contributed by atoms with Crippen molar-refractivity contribution >= 4 is 5.91 Å². The average molecular weight is 130 g/mol. The van der Waals surface area contributed by atoms with E-state index in [-0.39, 0.29) is 5.91 Å². The smallest absolute Gasteiger partial charge is 0.220 e. The van der Waals surface area contributed by atoms with Crippen LogP contribution in [0.5, 0.6) is 0 Å². The van der Waals surface area contributed by atoms with Crippen molar-refractivity contribution in [3.63, 3.8) is 0 Å². The molecule has 1 amide bonds. The van der Waals surface area contributed by atoms with Gasteiger partial charge in [0.25, 0.3) is 0 Å². The molecule has 1 saturated heterocycles. The Hall–Kier alpha value is -0.570. The summed E-state index contributed by atoms with van der Waals surface area (Å²) in [4.78, 5) is 10.6. The summed E-state index contributed by atoms with van der Waals surface area (Å²) in [5.41, 5.74) is 5.30. The van der Waals surface area contributed by atoms with Crippen LogP contribution >= 0.6 is 0 Å². The summed E-state index contributed by atoms with van der Waals surface area (Å²) in [7, 11) is 0. The minimum absolute atomic E-state index is 0.174. The van der Waals surface area contributed by atoms with Gasteiger partial charge in [-0.25, -0.2) is 0 Å². The lowest BCUT2D eigenvalue weighted by Gasteiger charge is -2.05. The fourth-order valence-electron chi connectivity index (χ4n) is 1.10. The van der Waals surface area contributed by atoms with E-state index in [0.29, 0.717) is 19.0 Å². The van der Waals surface area contributed by atoms with Crippen molar-refractivity contribution in [3.8, 4) is 0 Å². The maximum absolute atomic E-state index is 10.6. The highest BCUT2D eigenvalue weighted by Crippen LogP contribution is 2.08.